The lowest BCUT2D eigenvalue weighted by molar-refractivity contribution is -0.138. The number of allylic oxidation sites excluding steroid dienone is 1. The Morgan fingerprint density at radius 2 is 1.89 bits per heavy atom. The van der Waals surface area contributed by atoms with E-state index < -0.39 is 12.0 Å². The minimum atomic E-state index is -0.768. The van der Waals surface area contributed by atoms with E-state index in [0.717, 1.165) is 5.56 Å². The highest BCUT2D eigenvalue weighted by Gasteiger charge is 2.34. The number of methoxy groups -OCH3 is 2. The van der Waals surface area contributed by atoms with Gasteiger partial charge in [0, 0.05) is 5.02 Å². The minimum Gasteiger partial charge on any atom is -0.493 e. The normalized spacial score (nSPS) is 15.3. The van der Waals surface area contributed by atoms with Gasteiger partial charge in [0.2, 0.25) is 0 Å². The predicted octanol–water partition coefficient (Wildman–Crippen LogP) is 3.64. The molecule has 1 aliphatic rings. The third-order valence-corrected chi connectivity index (χ3v) is 6.70. The van der Waals surface area contributed by atoms with Crippen LogP contribution in [-0.2, 0) is 9.53 Å². The maximum absolute atomic E-state index is 13.6. The van der Waals surface area contributed by atoms with E-state index in [1.807, 2.05) is 12.1 Å². The van der Waals surface area contributed by atoms with E-state index >= 15 is 0 Å². The van der Waals surface area contributed by atoms with E-state index in [1.165, 1.54) is 29.1 Å². The number of benzene rings is 2. The number of hydrogen-bond acceptors (Lipinski definition) is 7. The van der Waals surface area contributed by atoms with Crippen LogP contribution in [0.1, 0.15) is 24.1 Å². The number of thiazole rings is 1. The summed E-state index contributed by atoms with van der Waals surface area (Å²) in [5, 5.41) is 0.607. The Kier molecular flexibility index (Phi) is 7.23. The quantitative estimate of drug-likeness (QED) is 0.358. The van der Waals surface area contributed by atoms with Crippen LogP contribution >= 0.6 is 22.9 Å². The zero-order chi connectivity index (χ0) is 25.1. The molecule has 2 heterocycles. The molecule has 9 heteroatoms. The highest BCUT2D eigenvalue weighted by atomic mass is 35.5. The Hall–Kier alpha value is -3.62. The number of fused-ring (bicyclic) bond motifs is 1. The molecule has 2 aromatic carbocycles. The molecule has 7 nitrogen and oxygen atoms in total. The molecule has 180 valence electrons. The van der Waals surface area contributed by atoms with Crippen LogP contribution in [0.5, 0.6) is 11.5 Å². The summed E-state index contributed by atoms with van der Waals surface area (Å²) in [6.07, 6.45) is 3.27. The predicted molar refractivity (Wildman–Crippen MR) is 136 cm³/mol. The van der Waals surface area contributed by atoms with Crippen LogP contribution in [0.25, 0.3) is 6.08 Å². The number of esters is 1. The SMILES string of the molecule is C=CCOC(=O)C1=C(C)N=c2s/c(=C/c3ccc(Cl)cc3)c(=O)n2[C@@H]1c1ccc(OC)c(OC)c1. The third-order valence-electron chi connectivity index (χ3n) is 5.46. The molecule has 0 fully saturated rings. The smallest absolute Gasteiger partial charge is 0.338 e. The van der Waals surface area contributed by atoms with Crippen molar-refractivity contribution in [1.82, 2.24) is 4.57 Å². The Bertz CT molecular complexity index is 1500. The molecule has 0 radical (unpaired) electrons. The van der Waals surface area contributed by atoms with E-state index in [4.69, 9.17) is 25.8 Å². The molecule has 1 atom stereocenters. The molecule has 3 aromatic rings. The van der Waals surface area contributed by atoms with Gasteiger partial charge in [0.25, 0.3) is 5.56 Å². The van der Waals surface area contributed by atoms with Crippen molar-refractivity contribution in [3.05, 3.63) is 102 Å². The van der Waals surface area contributed by atoms with Gasteiger partial charge >= 0.3 is 5.97 Å². The van der Waals surface area contributed by atoms with Crippen molar-refractivity contribution in [3.8, 4) is 11.5 Å². The molecule has 0 amide bonds. The van der Waals surface area contributed by atoms with Gasteiger partial charge in [0.15, 0.2) is 16.3 Å². The van der Waals surface area contributed by atoms with Gasteiger partial charge in [-0.05, 0) is 48.4 Å². The van der Waals surface area contributed by atoms with Crippen molar-refractivity contribution < 1.29 is 19.0 Å². The van der Waals surface area contributed by atoms with E-state index in [9.17, 15) is 9.59 Å². The Labute approximate surface area is 210 Å². The Morgan fingerprint density at radius 1 is 1.17 bits per heavy atom. The number of carbonyl (C=O) groups is 1. The van der Waals surface area contributed by atoms with Crippen molar-refractivity contribution in [2.75, 3.05) is 20.8 Å². The first-order valence-corrected chi connectivity index (χ1v) is 11.9. The lowest BCUT2D eigenvalue weighted by Crippen LogP contribution is -2.40. The van der Waals surface area contributed by atoms with E-state index in [-0.39, 0.29) is 17.7 Å². The lowest BCUT2D eigenvalue weighted by Gasteiger charge is -2.25. The topological polar surface area (TPSA) is 79.1 Å². The molecule has 0 unspecified atom stereocenters. The van der Waals surface area contributed by atoms with Gasteiger partial charge in [-0.3, -0.25) is 9.36 Å². The van der Waals surface area contributed by atoms with Gasteiger partial charge in [-0.2, -0.15) is 0 Å². The average Bonchev–Trinajstić information content (AvgIpc) is 3.16. The van der Waals surface area contributed by atoms with Crippen molar-refractivity contribution in [2.45, 2.75) is 13.0 Å². The number of halogens is 1. The van der Waals surface area contributed by atoms with Crippen LogP contribution in [-0.4, -0.2) is 31.4 Å². The second kappa shape index (κ2) is 10.3. The standard InChI is InChI=1S/C26H23ClN2O5S/c1-5-12-34-25(31)22-15(2)28-26-29(23(22)17-8-11-19(32-3)20(14-17)33-4)24(30)21(35-26)13-16-6-9-18(27)10-7-16/h5-11,13-14,23H,1,12H2,2-4H3/b21-13+/t23-/m1/s1. The highest BCUT2D eigenvalue weighted by Crippen LogP contribution is 2.36. The number of hydrogen-bond donors (Lipinski definition) is 0. The summed E-state index contributed by atoms with van der Waals surface area (Å²) in [5.41, 5.74) is 1.94. The summed E-state index contributed by atoms with van der Waals surface area (Å²) in [6, 6.07) is 11.7. The van der Waals surface area contributed by atoms with E-state index in [1.54, 1.807) is 50.4 Å². The zero-order valence-electron chi connectivity index (χ0n) is 19.4. The third kappa shape index (κ3) is 4.80. The monoisotopic (exact) mass is 510 g/mol. The molecule has 0 bridgehead atoms. The molecule has 0 saturated carbocycles. The van der Waals surface area contributed by atoms with E-state index in [2.05, 4.69) is 11.6 Å². The highest BCUT2D eigenvalue weighted by molar-refractivity contribution is 7.07. The van der Waals surface area contributed by atoms with Crippen molar-refractivity contribution in [1.29, 1.82) is 0 Å². The van der Waals surface area contributed by atoms with Crippen molar-refractivity contribution in [2.24, 2.45) is 4.99 Å². The largest absolute Gasteiger partial charge is 0.493 e. The molecule has 0 spiro atoms. The van der Waals surface area contributed by atoms with Crippen LogP contribution in [0.2, 0.25) is 5.02 Å². The number of rotatable bonds is 7. The second-order valence-electron chi connectivity index (χ2n) is 7.63. The molecule has 0 aliphatic carbocycles. The van der Waals surface area contributed by atoms with Crippen LogP contribution in [0.15, 0.2) is 76.2 Å². The molecule has 0 saturated heterocycles. The second-order valence-corrected chi connectivity index (χ2v) is 9.08. The van der Waals surface area contributed by atoms with Crippen LogP contribution in [0, 0.1) is 0 Å². The molecule has 35 heavy (non-hydrogen) atoms. The minimum absolute atomic E-state index is 0.0370. The van der Waals surface area contributed by atoms with Crippen LogP contribution in [0.3, 0.4) is 0 Å². The van der Waals surface area contributed by atoms with Crippen LogP contribution in [0.4, 0.5) is 0 Å². The van der Waals surface area contributed by atoms with Gasteiger partial charge in [-0.25, -0.2) is 9.79 Å². The summed E-state index contributed by atoms with van der Waals surface area (Å²) >= 11 is 7.24. The van der Waals surface area contributed by atoms with E-state index in [0.29, 0.717) is 37.1 Å². The number of carbonyl (C=O) groups excluding carboxylic acids is 1. The zero-order valence-corrected chi connectivity index (χ0v) is 21.0. The lowest BCUT2D eigenvalue weighted by atomic mass is 9.95. The summed E-state index contributed by atoms with van der Waals surface area (Å²) in [6.45, 7) is 5.37. The Balaban J connectivity index is 1.95. The fraction of sp³-hybridized carbons (Fsp3) is 0.192. The van der Waals surface area contributed by atoms with Gasteiger partial charge in [0.05, 0.1) is 36.1 Å². The molecule has 4 rings (SSSR count). The summed E-state index contributed by atoms with van der Waals surface area (Å²) in [4.78, 5) is 31.8. The number of aromatic nitrogens is 1. The van der Waals surface area contributed by atoms with Gasteiger partial charge in [-0.15, -0.1) is 0 Å². The van der Waals surface area contributed by atoms with Crippen LogP contribution < -0.4 is 24.4 Å². The first-order valence-electron chi connectivity index (χ1n) is 10.7. The van der Waals surface area contributed by atoms with Crippen molar-refractivity contribution in [3.63, 3.8) is 0 Å². The molecular formula is C26H23ClN2O5S. The Morgan fingerprint density at radius 3 is 2.54 bits per heavy atom. The van der Waals surface area contributed by atoms with Gasteiger partial charge in [0.1, 0.15) is 6.61 Å². The van der Waals surface area contributed by atoms with Crippen molar-refractivity contribution >= 4 is 35.0 Å². The maximum Gasteiger partial charge on any atom is 0.338 e. The fourth-order valence-electron chi connectivity index (χ4n) is 3.84. The maximum atomic E-state index is 13.6. The number of nitrogens with zero attached hydrogens (tertiary/aromatic N) is 2. The molecule has 1 aromatic heterocycles. The summed E-state index contributed by atoms with van der Waals surface area (Å²) < 4.78 is 18.2. The number of ether oxygens (including phenoxy) is 3. The first-order chi connectivity index (χ1) is 16.9. The van der Waals surface area contributed by atoms with Gasteiger partial charge < -0.3 is 14.2 Å². The summed E-state index contributed by atoms with van der Waals surface area (Å²) in [7, 11) is 3.07. The molecule has 0 N–H and O–H groups in total. The van der Waals surface area contributed by atoms with Gasteiger partial charge in [-0.1, -0.05) is 53.8 Å². The molecular weight excluding hydrogens is 488 g/mol. The fourth-order valence-corrected chi connectivity index (χ4v) is 5.02. The molecule has 1 aliphatic heterocycles. The summed E-state index contributed by atoms with van der Waals surface area (Å²) in [5.74, 6) is 0.433. The first kappa shape index (κ1) is 24.5. The average molecular weight is 511 g/mol.